The van der Waals surface area contributed by atoms with Crippen molar-refractivity contribution >= 4 is 26.8 Å². The van der Waals surface area contributed by atoms with Gasteiger partial charge in [-0.25, -0.2) is 4.98 Å². The molecule has 0 aliphatic carbocycles. The summed E-state index contributed by atoms with van der Waals surface area (Å²) in [7, 11) is 0. The van der Waals surface area contributed by atoms with Crippen molar-refractivity contribution in [2.75, 3.05) is 13.2 Å². The SMILES string of the molecule is Cc1ccc2c(Br)ccc(OCCCCN)c2n1. The van der Waals surface area contributed by atoms with Crippen molar-refractivity contribution in [1.82, 2.24) is 4.98 Å². The van der Waals surface area contributed by atoms with Crippen molar-refractivity contribution < 1.29 is 4.74 Å². The van der Waals surface area contributed by atoms with Gasteiger partial charge in [-0.2, -0.15) is 0 Å². The smallest absolute Gasteiger partial charge is 0.145 e. The van der Waals surface area contributed by atoms with Crippen LogP contribution in [0.1, 0.15) is 18.5 Å². The first kappa shape index (κ1) is 13.3. The lowest BCUT2D eigenvalue weighted by Crippen LogP contribution is -2.04. The Balaban J connectivity index is 2.27. The maximum Gasteiger partial charge on any atom is 0.145 e. The topological polar surface area (TPSA) is 48.1 Å². The number of fused-ring (bicyclic) bond motifs is 1. The number of ether oxygens (including phenoxy) is 1. The van der Waals surface area contributed by atoms with Crippen LogP contribution in [0.2, 0.25) is 0 Å². The molecule has 0 aliphatic heterocycles. The fraction of sp³-hybridized carbons (Fsp3) is 0.357. The van der Waals surface area contributed by atoms with Gasteiger partial charge in [0, 0.05) is 15.6 Å². The Labute approximate surface area is 115 Å². The van der Waals surface area contributed by atoms with Gasteiger partial charge in [-0.3, -0.25) is 0 Å². The minimum Gasteiger partial charge on any atom is -0.491 e. The molecule has 1 aromatic heterocycles. The standard InChI is InChI=1S/C14H17BrN2O/c1-10-4-5-11-12(15)6-7-13(14(11)17-10)18-9-3-2-8-16/h4-7H,2-3,8-9,16H2,1H3. The number of nitrogens with zero attached hydrogens (tertiary/aromatic N) is 1. The summed E-state index contributed by atoms with van der Waals surface area (Å²) < 4.78 is 6.83. The van der Waals surface area contributed by atoms with Crippen LogP contribution in [0.5, 0.6) is 5.75 Å². The second-order valence-corrected chi connectivity index (χ2v) is 5.09. The maximum absolute atomic E-state index is 5.79. The summed E-state index contributed by atoms with van der Waals surface area (Å²) in [6.07, 6.45) is 1.96. The Morgan fingerprint density at radius 3 is 2.83 bits per heavy atom. The summed E-state index contributed by atoms with van der Waals surface area (Å²) in [6, 6.07) is 8.03. The number of aromatic nitrogens is 1. The summed E-state index contributed by atoms with van der Waals surface area (Å²) in [5.74, 6) is 0.842. The van der Waals surface area contributed by atoms with Gasteiger partial charge in [0.15, 0.2) is 0 Å². The number of unbranched alkanes of at least 4 members (excludes halogenated alkanes) is 1. The lowest BCUT2D eigenvalue weighted by molar-refractivity contribution is 0.310. The molecule has 1 heterocycles. The number of pyridine rings is 1. The molecule has 2 aromatic rings. The van der Waals surface area contributed by atoms with Crippen LogP contribution in [0, 0.1) is 6.92 Å². The largest absolute Gasteiger partial charge is 0.491 e. The van der Waals surface area contributed by atoms with Gasteiger partial charge in [-0.15, -0.1) is 0 Å². The third-order valence-electron chi connectivity index (χ3n) is 2.76. The molecule has 3 nitrogen and oxygen atoms in total. The molecule has 0 atom stereocenters. The van der Waals surface area contributed by atoms with Crippen LogP contribution in [-0.2, 0) is 0 Å². The summed E-state index contributed by atoms with van der Waals surface area (Å²) >= 11 is 3.54. The number of hydrogen-bond acceptors (Lipinski definition) is 3. The molecule has 0 bridgehead atoms. The predicted molar refractivity (Wildman–Crippen MR) is 78.0 cm³/mol. The highest BCUT2D eigenvalue weighted by molar-refractivity contribution is 9.10. The Morgan fingerprint density at radius 1 is 1.22 bits per heavy atom. The maximum atomic E-state index is 5.79. The highest BCUT2D eigenvalue weighted by Crippen LogP contribution is 2.30. The molecule has 2 N–H and O–H groups in total. The summed E-state index contributed by atoms with van der Waals surface area (Å²) in [5, 5.41) is 1.08. The van der Waals surface area contributed by atoms with Crippen LogP contribution < -0.4 is 10.5 Å². The molecular formula is C14H17BrN2O. The second kappa shape index (κ2) is 6.16. The quantitative estimate of drug-likeness (QED) is 0.861. The van der Waals surface area contributed by atoms with E-state index in [1.54, 1.807) is 0 Å². The summed E-state index contributed by atoms with van der Waals surface area (Å²) in [6.45, 7) is 3.38. The zero-order chi connectivity index (χ0) is 13.0. The Kier molecular flexibility index (Phi) is 4.55. The minimum absolute atomic E-state index is 0.684. The normalized spacial score (nSPS) is 10.8. The van der Waals surface area contributed by atoms with Gasteiger partial charge in [-0.1, -0.05) is 15.9 Å². The molecule has 2 rings (SSSR count). The number of nitrogens with two attached hydrogens (primary N) is 1. The zero-order valence-corrected chi connectivity index (χ0v) is 12.0. The lowest BCUT2D eigenvalue weighted by atomic mass is 10.2. The van der Waals surface area contributed by atoms with Gasteiger partial charge in [0.25, 0.3) is 0 Å². The van der Waals surface area contributed by atoms with Crippen molar-refractivity contribution in [3.63, 3.8) is 0 Å². The fourth-order valence-electron chi connectivity index (χ4n) is 1.80. The van der Waals surface area contributed by atoms with E-state index < -0.39 is 0 Å². The van der Waals surface area contributed by atoms with Crippen molar-refractivity contribution in [3.05, 3.63) is 34.4 Å². The second-order valence-electron chi connectivity index (χ2n) is 4.24. The van der Waals surface area contributed by atoms with Gasteiger partial charge >= 0.3 is 0 Å². The lowest BCUT2D eigenvalue weighted by Gasteiger charge is -2.10. The third-order valence-corrected chi connectivity index (χ3v) is 3.45. The Hall–Kier alpha value is -1.13. The zero-order valence-electron chi connectivity index (χ0n) is 10.4. The average molecular weight is 309 g/mol. The molecule has 1 aromatic carbocycles. The monoisotopic (exact) mass is 308 g/mol. The predicted octanol–water partition coefficient (Wildman–Crippen LogP) is 3.42. The van der Waals surface area contributed by atoms with E-state index in [0.29, 0.717) is 13.2 Å². The van der Waals surface area contributed by atoms with Gasteiger partial charge in [0.2, 0.25) is 0 Å². The first-order chi connectivity index (χ1) is 8.72. The molecule has 4 heteroatoms. The van der Waals surface area contributed by atoms with Crippen molar-refractivity contribution in [1.29, 1.82) is 0 Å². The van der Waals surface area contributed by atoms with Crippen LogP contribution in [0.25, 0.3) is 10.9 Å². The van der Waals surface area contributed by atoms with Crippen molar-refractivity contribution in [3.8, 4) is 5.75 Å². The van der Waals surface area contributed by atoms with E-state index in [4.69, 9.17) is 10.5 Å². The van der Waals surface area contributed by atoms with E-state index in [-0.39, 0.29) is 0 Å². The molecular weight excluding hydrogens is 292 g/mol. The van der Waals surface area contributed by atoms with Crippen molar-refractivity contribution in [2.45, 2.75) is 19.8 Å². The number of halogens is 1. The number of rotatable bonds is 5. The number of aryl methyl sites for hydroxylation is 1. The molecule has 0 radical (unpaired) electrons. The molecule has 0 spiro atoms. The Bertz CT molecular complexity index is 543. The van der Waals surface area contributed by atoms with E-state index in [1.165, 1.54) is 0 Å². The molecule has 0 aliphatic rings. The van der Waals surface area contributed by atoms with E-state index >= 15 is 0 Å². The highest BCUT2D eigenvalue weighted by atomic mass is 79.9. The van der Waals surface area contributed by atoms with Crippen LogP contribution >= 0.6 is 15.9 Å². The van der Waals surface area contributed by atoms with Crippen LogP contribution in [0.4, 0.5) is 0 Å². The van der Waals surface area contributed by atoms with Crippen LogP contribution in [0.15, 0.2) is 28.7 Å². The van der Waals surface area contributed by atoms with E-state index in [9.17, 15) is 0 Å². The Morgan fingerprint density at radius 2 is 2.06 bits per heavy atom. The molecule has 0 fully saturated rings. The molecule has 0 saturated carbocycles. The molecule has 0 amide bonds. The fourth-order valence-corrected chi connectivity index (χ4v) is 2.25. The number of hydrogen-bond donors (Lipinski definition) is 1. The van der Waals surface area contributed by atoms with Gasteiger partial charge in [0.05, 0.1) is 6.61 Å². The summed E-state index contributed by atoms with van der Waals surface area (Å²) in [5.41, 5.74) is 7.37. The first-order valence-corrected chi connectivity index (χ1v) is 6.90. The molecule has 96 valence electrons. The summed E-state index contributed by atoms with van der Waals surface area (Å²) in [4.78, 5) is 4.56. The molecule has 18 heavy (non-hydrogen) atoms. The van der Waals surface area contributed by atoms with Crippen LogP contribution in [-0.4, -0.2) is 18.1 Å². The average Bonchev–Trinajstić information content (AvgIpc) is 2.37. The van der Waals surface area contributed by atoms with E-state index in [0.717, 1.165) is 39.7 Å². The van der Waals surface area contributed by atoms with Gasteiger partial charge in [0.1, 0.15) is 11.3 Å². The van der Waals surface area contributed by atoms with Gasteiger partial charge < -0.3 is 10.5 Å². The third kappa shape index (κ3) is 3.00. The van der Waals surface area contributed by atoms with Crippen LogP contribution in [0.3, 0.4) is 0 Å². The van der Waals surface area contributed by atoms with Gasteiger partial charge in [-0.05, 0) is 50.6 Å². The minimum atomic E-state index is 0.684. The molecule has 0 saturated heterocycles. The first-order valence-electron chi connectivity index (χ1n) is 6.11. The molecule has 0 unspecified atom stereocenters. The highest BCUT2D eigenvalue weighted by Gasteiger charge is 2.07. The van der Waals surface area contributed by atoms with E-state index in [2.05, 4.69) is 27.0 Å². The van der Waals surface area contributed by atoms with Crippen molar-refractivity contribution in [2.24, 2.45) is 5.73 Å². The van der Waals surface area contributed by atoms with E-state index in [1.807, 2.05) is 25.1 Å². The number of benzene rings is 1.